The van der Waals surface area contributed by atoms with Crippen molar-refractivity contribution in [1.82, 2.24) is 5.32 Å². The number of methoxy groups -OCH3 is 1. The number of nitrogens with two attached hydrogens (primary N) is 1. The zero-order valence-electron chi connectivity index (χ0n) is 9.01. The first-order valence-corrected chi connectivity index (χ1v) is 5.12. The van der Waals surface area contributed by atoms with Crippen molar-refractivity contribution in [3.63, 3.8) is 0 Å². The number of carbonyl (C=O) groups is 1. The van der Waals surface area contributed by atoms with Gasteiger partial charge in [0.25, 0.3) is 0 Å². The summed E-state index contributed by atoms with van der Waals surface area (Å²) in [6.07, 6.45) is 3.32. The van der Waals surface area contributed by atoms with E-state index in [0.717, 1.165) is 6.42 Å². The average molecular weight is 200 g/mol. The Labute approximate surface area is 85.2 Å². The fourth-order valence-electron chi connectivity index (χ4n) is 1.59. The van der Waals surface area contributed by atoms with Crippen LogP contribution in [0.5, 0.6) is 0 Å². The molecule has 4 nitrogen and oxygen atoms in total. The zero-order chi connectivity index (χ0) is 10.6. The molecule has 82 valence electrons. The molecule has 0 radical (unpaired) electrons. The molecule has 0 heterocycles. The fraction of sp³-hybridized carbons (Fsp3) is 0.900. The monoisotopic (exact) mass is 200 g/mol. The highest BCUT2D eigenvalue weighted by Crippen LogP contribution is 2.36. The summed E-state index contributed by atoms with van der Waals surface area (Å²) >= 11 is 0. The molecule has 0 aromatic carbocycles. The summed E-state index contributed by atoms with van der Waals surface area (Å²) < 4.78 is 4.92. The van der Waals surface area contributed by atoms with E-state index in [1.165, 1.54) is 12.8 Å². The van der Waals surface area contributed by atoms with Gasteiger partial charge in [-0.1, -0.05) is 12.8 Å². The van der Waals surface area contributed by atoms with Crippen molar-refractivity contribution in [2.75, 3.05) is 20.3 Å². The lowest BCUT2D eigenvalue weighted by atomic mass is 9.94. The van der Waals surface area contributed by atoms with Gasteiger partial charge in [0, 0.05) is 13.7 Å². The van der Waals surface area contributed by atoms with E-state index < -0.39 is 5.54 Å². The van der Waals surface area contributed by atoms with E-state index >= 15 is 0 Å². The molecule has 1 amide bonds. The lowest BCUT2D eigenvalue weighted by Crippen LogP contribution is -2.54. The molecule has 0 bridgehead atoms. The second-order valence-corrected chi connectivity index (χ2v) is 4.26. The van der Waals surface area contributed by atoms with E-state index in [0.29, 0.717) is 19.1 Å². The first kappa shape index (κ1) is 11.5. The van der Waals surface area contributed by atoms with Crippen LogP contribution in [0.2, 0.25) is 0 Å². The first-order valence-electron chi connectivity index (χ1n) is 5.12. The Morgan fingerprint density at radius 3 is 2.71 bits per heavy atom. The van der Waals surface area contributed by atoms with Crippen LogP contribution in [-0.4, -0.2) is 31.7 Å². The summed E-state index contributed by atoms with van der Waals surface area (Å²) in [7, 11) is 1.64. The Morgan fingerprint density at radius 1 is 1.64 bits per heavy atom. The maximum absolute atomic E-state index is 11.3. The summed E-state index contributed by atoms with van der Waals surface area (Å²) in [4.78, 5) is 11.3. The number of hydrogen-bond donors (Lipinski definition) is 2. The Hall–Kier alpha value is -0.610. The highest BCUT2D eigenvalue weighted by atomic mass is 16.5. The van der Waals surface area contributed by atoms with Gasteiger partial charge in [-0.2, -0.15) is 0 Å². The van der Waals surface area contributed by atoms with Crippen LogP contribution in [0.15, 0.2) is 0 Å². The molecular weight excluding hydrogens is 180 g/mol. The number of hydrogen-bond acceptors (Lipinski definition) is 3. The van der Waals surface area contributed by atoms with Crippen LogP contribution in [0.1, 0.15) is 26.2 Å². The molecule has 1 fully saturated rings. The summed E-state index contributed by atoms with van der Waals surface area (Å²) in [5.41, 5.74) is 4.83. The highest BCUT2D eigenvalue weighted by Gasteiger charge is 2.37. The number of primary amides is 1. The Balaban J connectivity index is 2.38. The van der Waals surface area contributed by atoms with Gasteiger partial charge in [-0.25, -0.2) is 0 Å². The molecule has 14 heavy (non-hydrogen) atoms. The van der Waals surface area contributed by atoms with E-state index in [9.17, 15) is 4.79 Å². The number of nitrogens with one attached hydrogen (secondary N) is 1. The molecule has 4 heteroatoms. The minimum atomic E-state index is -0.556. The standard InChI is InChI=1S/C10H20N2O2/c1-10(9(11)13,7-8-3-4-8)12-5-6-14-2/h8,12H,3-7H2,1-2H3,(H2,11,13). The summed E-state index contributed by atoms with van der Waals surface area (Å²) in [5.74, 6) is 0.419. The van der Waals surface area contributed by atoms with Gasteiger partial charge in [-0.15, -0.1) is 0 Å². The molecule has 0 spiro atoms. The van der Waals surface area contributed by atoms with Gasteiger partial charge < -0.3 is 15.8 Å². The van der Waals surface area contributed by atoms with Crippen molar-refractivity contribution < 1.29 is 9.53 Å². The van der Waals surface area contributed by atoms with E-state index in [-0.39, 0.29) is 5.91 Å². The van der Waals surface area contributed by atoms with Crippen molar-refractivity contribution in [2.24, 2.45) is 11.7 Å². The molecule has 1 atom stereocenters. The largest absolute Gasteiger partial charge is 0.383 e. The van der Waals surface area contributed by atoms with Gasteiger partial charge in [0.2, 0.25) is 5.91 Å². The maximum Gasteiger partial charge on any atom is 0.237 e. The third-order valence-corrected chi connectivity index (χ3v) is 2.76. The molecule has 0 saturated heterocycles. The summed E-state index contributed by atoms with van der Waals surface area (Å²) in [6, 6.07) is 0. The zero-order valence-corrected chi connectivity index (χ0v) is 9.01. The van der Waals surface area contributed by atoms with Gasteiger partial charge in [0.15, 0.2) is 0 Å². The van der Waals surface area contributed by atoms with Gasteiger partial charge in [-0.3, -0.25) is 4.79 Å². The second kappa shape index (κ2) is 4.75. The van der Waals surface area contributed by atoms with Gasteiger partial charge >= 0.3 is 0 Å². The molecule has 0 aliphatic heterocycles. The van der Waals surface area contributed by atoms with Gasteiger partial charge in [0.05, 0.1) is 12.1 Å². The highest BCUT2D eigenvalue weighted by molar-refractivity contribution is 5.84. The van der Waals surface area contributed by atoms with E-state index in [1.54, 1.807) is 7.11 Å². The molecule has 0 aromatic rings. The Morgan fingerprint density at radius 2 is 2.29 bits per heavy atom. The van der Waals surface area contributed by atoms with E-state index in [4.69, 9.17) is 10.5 Å². The normalized spacial score (nSPS) is 20.4. The first-order chi connectivity index (χ1) is 6.58. The molecule has 1 saturated carbocycles. The quantitative estimate of drug-likeness (QED) is 0.580. The molecule has 1 aliphatic carbocycles. The third kappa shape index (κ3) is 3.27. The van der Waals surface area contributed by atoms with Crippen LogP contribution in [0, 0.1) is 5.92 Å². The fourth-order valence-corrected chi connectivity index (χ4v) is 1.59. The van der Waals surface area contributed by atoms with E-state index in [2.05, 4.69) is 5.32 Å². The molecule has 3 N–H and O–H groups in total. The van der Waals surface area contributed by atoms with Crippen LogP contribution < -0.4 is 11.1 Å². The topological polar surface area (TPSA) is 64.3 Å². The van der Waals surface area contributed by atoms with Crippen LogP contribution in [-0.2, 0) is 9.53 Å². The summed E-state index contributed by atoms with van der Waals surface area (Å²) in [5, 5.41) is 3.17. The van der Waals surface area contributed by atoms with Crippen molar-refractivity contribution in [3.8, 4) is 0 Å². The number of ether oxygens (including phenoxy) is 1. The number of rotatable bonds is 7. The Bertz CT molecular complexity index is 204. The van der Waals surface area contributed by atoms with Crippen molar-refractivity contribution in [1.29, 1.82) is 0 Å². The lowest BCUT2D eigenvalue weighted by molar-refractivity contribution is -0.124. The second-order valence-electron chi connectivity index (χ2n) is 4.26. The molecule has 0 aromatic heterocycles. The third-order valence-electron chi connectivity index (χ3n) is 2.76. The predicted molar refractivity (Wildman–Crippen MR) is 54.8 cm³/mol. The number of amides is 1. The SMILES string of the molecule is COCCNC(C)(CC1CC1)C(N)=O. The van der Waals surface area contributed by atoms with Gasteiger partial charge in [-0.05, 0) is 19.3 Å². The van der Waals surface area contributed by atoms with Crippen LogP contribution >= 0.6 is 0 Å². The van der Waals surface area contributed by atoms with Crippen molar-refractivity contribution in [3.05, 3.63) is 0 Å². The Kier molecular flexibility index (Phi) is 3.89. The lowest BCUT2D eigenvalue weighted by Gasteiger charge is -2.27. The van der Waals surface area contributed by atoms with Crippen molar-refractivity contribution >= 4 is 5.91 Å². The van der Waals surface area contributed by atoms with Crippen LogP contribution in [0.25, 0.3) is 0 Å². The molecule has 1 rings (SSSR count). The minimum absolute atomic E-state index is 0.263. The molecular formula is C10H20N2O2. The molecule has 1 unspecified atom stereocenters. The minimum Gasteiger partial charge on any atom is -0.383 e. The maximum atomic E-state index is 11.3. The van der Waals surface area contributed by atoms with Gasteiger partial charge in [0.1, 0.15) is 0 Å². The van der Waals surface area contributed by atoms with Crippen molar-refractivity contribution in [2.45, 2.75) is 31.7 Å². The number of carbonyl (C=O) groups excluding carboxylic acids is 1. The van der Waals surface area contributed by atoms with Crippen LogP contribution in [0.3, 0.4) is 0 Å². The molecule has 1 aliphatic rings. The van der Waals surface area contributed by atoms with E-state index in [1.807, 2.05) is 6.92 Å². The average Bonchev–Trinajstić information content (AvgIpc) is 2.88. The smallest absolute Gasteiger partial charge is 0.237 e. The predicted octanol–water partition coefficient (Wildman–Crippen LogP) is 0.267. The summed E-state index contributed by atoms with van der Waals surface area (Å²) in [6.45, 7) is 3.15. The van der Waals surface area contributed by atoms with Crippen LogP contribution in [0.4, 0.5) is 0 Å².